The van der Waals surface area contributed by atoms with E-state index < -0.39 is 0 Å². The number of hydrogen-bond acceptors (Lipinski definition) is 6. The number of carbonyl (C=O) groups is 1. The molecule has 0 radical (unpaired) electrons. The van der Waals surface area contributed by atoms with Crippen LogP contribution in [0.25, 0.3) is 4.96 Å². The summed E-state index contributed by atoms with van der Waals surface area (Å²) in [5.74, 6) is 1.51. The van der Waals surface area contributed by atoms with Crippen LogP contribution in [0.15, 0.2) is 24.3 Å². The van der Waals surface area contributed by atoms with E-state index in [0.717, 1.165) is 27.1 Å². The fourth-order valence-electron chi connectivity index (χ4n) is 2.19. The Morgan fingerprint density at radius 2 is 2.26 bits per heavy atom. The second-order valence-corrected chi connectivity index (χ2v) is 6.11. The highest BCUT2D eigenvalue weighted by atomic mass is 32.1. The molecule has 7 nitrogen and oxygen atoms in total. The first kappa shape index (κ1) is 15.4. The summed E-state index contributed by atoms with van der Waals surface area (Å²) in [6.07, 6.45) is 1.01. The molecule has 0 spiro atoms. The quantitative estimate of drug-likeness (QED) is 0.738. The first-order valence-electron chi connectivity index (χ1n) is 7.23. The summed E-state index contributed by atoms with van der Waals surface area (Å²) in [7, 11) is 1.61. The van der Waals surface area contributed by atoms with Crippen molar-refractivity contribution in [1.82, 2.24) is 25.1 Å². The van der Waals surface area contributed by atoms with Gasteiger partial charge in [0.1, 0.15) is 10.8 Å². The van der Waals surface area contributed by atoms with Crippen molar-refractivity contribution < 1.29 is 9.53 Å². The second-order valence-electron chi connectivity index (χ2n) is 5.07. The molecule has 1 N–H and O–H groups in total. The number of nitrogens with zero attached hydrogens (tertiary/aromatic N) is 4. The molecule has 23 heavy (non-hydrogen) atoms. The molecule has 0 aliphatic heterocycles. The summed E-state index contributed by atoms with van der Waals surface area (Å²) >= 11 is 1.49. The van der Waals surface area contributed by atoms with E-state index in [2.05, 4.69) is 20.6 Å². The molecule has 3 rings (SSSR count). The molecule has 0 aliphatic carbocycles. The maximum absolute atomic E-state index is 12.0. The Balaban J connectivity index is 1.50. The van der Waals surface area contributed by atoms with Crippen molar-refractivity contribution >= 4 is 22.2 Å². The third-order valence-electron chi connectivity index (χ3n) is 3.35. The van der Waals surface area contributed by atoms with Crippen molar-refractivity contribution in [2.45, 2.75) is 19.8 Å². The maximum atomic E-state index is 12.0. The van der Waals surface area contributed by atoms with E-state index in [0.29, 0.717) is 19.4 Å². The third kappa shape index (κ3) is 3.65. The summed E-state index contributed by atoms with van der Waals surface area (Å²) in [6, 6.07) is 7.51. The second kappa shape index (κ2) is 6.74. The lowest BCUT2D eigenvalue weighted by Crippen LogP contribution is -2.27. The number of aromatic nitrogens is 4. The van der Waals surface area contributed by atoms with Crippen LogP contribution in [0.1, 0.15) is 16.4 Å². The minimum absolute atomic E-state index is 0.0163. The fraction of sp³-hybridized carbons (Fsp3) is 0.333. The lowest BCUT2D eigenvalue weighted by molar-refractivity contribution is -0.120. The number of carbonyl (C=O) groups excluding carboxylic acids is 1. The fourth-order valence-corrected chi connectivity index (χ4v) is 3.07. The first-order chi connectivity index (χ1) is 11.2. The van der Waals surface area contributed by atoms with Crippen LogP contribution in [-0.2, 0) is 17.6 Å². The van der Waals surface area contributed by atoms with Gasteiger partial charge in [0, 0.05) is 13.0 Å². The van der Waals surface area contributed by atoms with Gasteiger partial charge in [0.05, 0.1) is 13.5 Å². The molecule has 3 aromatic rings. The molecule has 2 heterocycles. The Kier molecular flexibility index (Phi) is 4.52. The van der Waals surface area contributed by atoms with Crippen LogP contribution in [0.2, 0.25) is 0 Å². The topological polar surface area (TPSA) is 81.4 Å². The number of rotatable bonds is 6. The van der Waals surface area contributed by atoms with Crippen molar-refractivity contribution in [1.29, 1.82) is 0 Å². The molecule has 0 aliphatic rings. The van der Waals surface area contributed by atoms with Crippen LogP contribution in [0.3, 0.4) is 0 Å². The number of methoxy groups -OCH3 is 1. The van der Waals surface area contributed by atoms with E-state index in [1.165, 1.54) is 11.3 Å². The van der Waals surface area contributed by atoms with E-state index >= 15 is 0 Å². The number of nitrogens with one attached hydrogen (secondary N) is 1. The largest absolute Gasteiger partial charge is 0.497 e. The van der Waals surface area contributed by atoms with Gasteiger partial charge in [-0.3, -0.25) is 4.79 Å². The predicted molar refractivity (Wildman–Crippen MR) is 86.8 cm³/mol. The SMILES string of the molecule is COc1cccc(CC(=O)NCCc2nn3c(C)nnc3s2)c1. The standard InChI is InChI=1S/C15H17N5O2S/c1-10-17-18-15-20(10)19-14(23-15)6-7-16-13(21)9-11-4-3-5-12(8-11)22-2/h3-5,8H,6-7,9H2,1-2H3,(H,16,21). The Bertz CT molecular complexity index is 826. The van der Waals surface area contributed by atoms with Crippen molar-refractivity contribution in [2.75, 3.05) is 13.7 Å². The van der Waals surface area contributed by atoms with E-state index in [4.69, 9.17) is 4.74 Å². The number of fused-ring (bicyclic) bond motifs is 1. The molecule has 1 amide bonds. The van der Waals surface area contributed by atoms with E-state index in [1.807, 2.05) is 31.2 Å². The lowest BCUT2D eigenvalue weighted by atomic mass is 10.1. The monoisotopic (exact) mass is 331 g/mol. The van der Waals surface area contributed by atoms with Crippen LogP contribution in [0.5, 0.6) is 5.75 Å². The molecule has 8 heteroatoms. The number of ether oxygens (including phenoxy) is 1. The van der Waals surface area contributed by atoms with Gasteiger partial charge in [0.2, 0.25) is 10.9 Å². The Morgan fingerprint density at radius 3 is 3.04 bits per heavy atom. The van der Waals surface area contributed by atoms with Crippen molar-refractivity contribution in [3.8, 4) is 5.75 Å². The summed E-state index contributed by atoms with van der Waals surface area (Å²) in [4.78, 5) is 12.8. The van der Waals surface area contributed by atoms with Gasteiger partial charge in [-0.05, 0) is 24.6 Å². The number of benzene rings is 1. The lowest BCUT2D eigenvalue weighted by Gasteiger charge is -2.05. The zero-order valence-electron chi connectivity index (χ0n) is 12.9. The van der Waals surface area contributed by atoms with Gasteiger partial charge in [0.25, 0.3) is 0 Å². The van der Waals surface area contributed by atoms with E-state index in [-0.39, 0.29) is 5.91 Å². The summed E-state index contributed by atoms with van der Waals surface area (Å²) in [5.41, 5.74) is 0.927. The summed E-state index contributed by atoms with van der Waals surface area (Å²) in [6.45, 7) is 2.41. The van der Waals surface area contributed by atoms with Crippen LogP contribution >= 0.6 is 11.3 Å². The number of hydrogen-bond donors (Lipinski definition) is 1. The van der Waals surface area contributed by atoms with Crippen molar-refractivity contribution in [2.24, 2.45) is 0 Å². The van der Waals surface area contributed by atoms with Gasteiger partial charge in [-0.1, -0.05) is 23.5 Å². The van der Waals surface area contributed by atoms with Crippen LogP contribution < -0.4 is 10.1 Å². The van der Waals surface area contributed by atoms with Gasteiger partial charge in [0.15, 0.2) is 5.82 Å². The Hall–Kier alpha value is -2.48. The minimum atomic E-state index is -0.0163. The predicted octanol–water partition coefficient (Wildman–Crippen LogP) is 1.40. The number of amides is 1. The molecular formula is C15H17N5O2S. The maximum Gasteiger partial charge on any atom is 0.234 e. The molecule has 120 valence electrons. The Labute approximate surface area is 137 Å². The van der Waals surface area contributed by atoms with Crippen LogP contribution in [-0.4, -0.2) is 39.4 Å². The van der Waals surface area contributed by atoms with Crippen molar-refractivity contribution in [3.05, 3.63) is 40.7 Å². The highest BCUT2D eigenvalue weighted by molar-refractivity contribution is 7.16. The molecule has 0 fully saturated rings. The molecule has 0 bridgehead atoms. The van der Waals surface area contributed by atoms with Gasteiger partial charge in [-0.15, -0.1) is 10.2 Å². The molecule has 0 atom stereocenters. The average Bonchev–Trinajstić information content (AvgIpc) is 3.09. The first-order valence-corrected chi connectivity index (χ1v) is 8.04. The number of aryl methyl sites for hydroxylation is 1. The molecule has 0 unspecified atom stereocenters. The minimum Gasteiger partial charge on any atom is -0.497 e. The van der Waals surface area contributed by atoms with Gasteiger partial charge in [-0.2, -0.15) is 9.61 Å². The average molecular weight is 331 g/mol. The van der Waals surface area contributed by atoms with Gasteiger partial charge in [-0.25, -0.2) is 0 Å². The summed E-state index contributed by atoms with van der Waals surface area (Å²) < 4.78 is 6.87. The van der Waals surface area contributed by atoms with Crippen molar-refractivity contribution in [3.63, 3.8) is 0 Å². The summed E-state index contributed by atoms with van der Waals surface area (Å²) in [5, 5.41) is 16.2. The highest BCUT2D eigenvalue weighted by Gasteiger charge is 2.09. The van der Waals surface area contributed by atoms with Gasteiger partial charge >= 0.3 is 0 Å². The van der Waals surface area contributed by atoms with Crippen LogP contribution in [0.4, 0.5) is 0 Å². The van der Waals surface area contributed by atoms with E-state index in [1.54, 1.807) is 11.6 Å². The zero-order chi connectivity index (χ0) is 16.2. The van der Waals surface area contributed by atoms with Crippen LogP contribution in [0, 0.1) is 6.92 Å². The van der Waals surface area contributed by atoms with E-state index in [9.17, 15) is 4.79 Å². The normalized spacial score (nSPS) is 10.9. The van der Waals surface area contributed by atoms with Gasteiger partial charge < -0.3 is 10.1 Å². The zero-order valence-corrected chi connectivity index (χ0v) is 13.8. The third-order valence-corrected chi connectivity index (χ3v) is 4.31. The molecule has 0 saturated heterocycles. The highest BCUT2D eigenvalue weighted by Crippen LogP contribution is 2.14. The molecular weight excluding hydrogens is 314 g/mol. The smallest absolute Gasteiger partial charge is 0.234 e. The molecule has 0 saturated carbocycles. The molecule has 1 aromatic carbocycles. The molecule has 2 aromatic heterocycles. The Morgan fingerprint density at radius 1 is 1.39 bits per heavy atom.